The van der Waals surface area contributed by atoms with E-state index in [0.29, 0.717) is 17.8 Å². The second-order valence-corrected chi connectivity index (χ2v) is 4.72. The van der Waals surface area contributed by atoms with E-state index in [2.05, 4.69) is 13.0 Å². The van der Waals surface area contributed by atoms with Gasteiger partial charge in [-0.15, -0.1) is 0 Å². The van der Waals surface area contributed by atoms with Gasteiger partial charge in [-0.05, 0) is 55.7 Å². The number of aryl methyl sites for hydroxylation is 1. The van der Waals surface area contributed by atoms with Gasteiger partial charge in [0.15, 0.2) is 0 Å². The quantitative estimate of drug-likeness (QED) is 0.828. The third-order valence-electron chi connectivity index (χ3n) is 3.72. The van der Waals surface area contributed by atoms with Crippen LogP contribution in [0.5, 0.6) is 5.75 Å². The Bertz CT molecular complexity index is 332. The summed E-state index contributed by atoms with van der Waals surface area (Å²) < 4.78 is 5.37. The smallest absolute Gasteiger partial charge is 0.119 e. The molecule has 0 saturated heterocycles. The van der Waals surface area contributed by atoms with E-state index in [9.17, 15) is 5.11 Å². The molecule has 1 aromatic rings. The van der Waals surface area contributed by atoms with Crippen molar-refractivity contribution >= 4 is 0 Å². The van der Waals surface area contributed by atoms with Gasteiger partial charge in [-0.25, -0.2) is 0 Å². The summed E-state index contributed by atoms with van der Waals surface area (Å²) in [6.45, 7) is 2.08. The lowest BCUT2D eigenvalue weighted by molar-refractivity contribution is 0.0656. The first kappa shape index (κ1) is 11.5. The van der Waals surface area contributed by atoms with Gasteiger partial charge >= 0.3 is 0 Å². The second kappa shape index (κ2) is 4.88. The lowest BCUT2D eigenvalue weighted by Gasteiger charge is -2.29. The van der Waals surface area contributed by atoms with E-state index in [0.717, 1.165) is 31.2 Å². The van der Waals surface area contributed by atoms with Crippen molar-refractivity contribution in [2.75, 3.05) is 7.11 Å². The zero-order valence-electron chi connectivity index (χ0n) is 10.1. The van der Waals surface area contributed by atoms with Gasteiger partial charge in [-0.1, -0.05) is 12.1 Å². The zero-order valence-corrected chi connectivity index (χ0v) is 10.1. The number of rotatable bonds is 2. The summed E-state index contributed by atoms with van der Waals surface area (Å²) in [5.74, 6) is 0.966. The van der Waals surface area contributed by atoms with Gasteiger partial charge in [0.1, 0.15) is 5.75 Å². The molecule has 1 N–H and O–H groups in total. The Balaban J connectivity index is 2.14. The molecule has 0 bridgehead atoms. The van der Waals surface area contributed by atoms with Gasteiger partial charge in [-0.3, -0.25) is 0 Å². The number of benzene rings is 1. The average Bonchev–Trinajstić information content (AvgIpc) is 2.30. The van der Waals surface area contributed by atoms with Gasteiger partial charge in [-0.2, -0.15) is 0 Å². The third-order valence-corrected chi connectivity index (χ3v) is 3.72. The molecule has 0 heterocycles. The van der Waals surface area contributed by atoms with E-state index >= 15 is 0 Å². The molecule has 2 rings (SSSR count). The molecule has 1 fully saturated rings. The maximum Gasteiger partial charge on any atom is 0.119 e. The molecular weight excluding hydrogens is 200 g/mol. The van der Waals surface area contributed by atoms with Crippen LogP contribution in [-0.4, -0.2) is 18.3 Å². The highest BCUT2D eigenvalue weighted by Crippen LogP contribution is 2.39. The first-order valence-electron chi connectivity index (χ1n) is 6.03. The van der Waals surface area contributed by atoms with Crippen molar-refractivity contribution in [2.24, 2.45) is 0 Å². The highest BCUT2D eigenvalue weighted by molar-refractivity contribution is 5.41. The largest absolute Gasteiger partial charge is 0.508 e. The number of phenolic OH excluding ortho intramolecular Hbond substituents is 1. The number of aromatic hydroxyl groups is 1. The molecular formula is C14H20O2. The van der Waals surface area contributed by atoms with Crippen LogP contribution in [0.1, 0.15) is 42.7 Å². The topological polar surface area (TPSA) is 29.5 Å². The number of phenols is 1. The Labute approximate surface area is 97.3 Å². The monoisotopic (exact) mass is 220 g/mol. The van der Waals surface area contributed by atoms with E-state index in [4.69, 9.17) is 4.74 Å². The summed E-state index contributed by atoms with van der Waals surface area (Å²) in [6, 6.07) is 5.79. The Hall–Kier alpha value is -1.02. The molecule has 1 aliphatic rings. The molecule has 0 aromatic heterocycles. The van der Waals surface area contributed by atoms with E-state index in [-0.39, 0.29) is 0 Å². The molecule has 0 aliphatic heterocycles. The molecule has 16 heavy (non-hydrogen) atoms. The molecule has 1 saturated carbocycles. The lowest BCUT2D eigenvalue weighted by atomic mass is 9.80. The summed E-state index contributed by atoms with van der Waals surface area (Å²) in [5.41, 5.74) is 2.36. The highest BCUT2D eigenvalue weighted by atomic mass is 16.5. The Kier molecular flexibility index (Phi) is 3.49. The van der Waals surface area contributed by atoms with Crippen molar-refractivity contribution in [3.63, 3.8) is 0 Å². The van der Waals surface area contributed by atoms with Crippen LogP contribution in [-0.2, 0) is 4.74 Å². The minimum atomic E-state index is 0.419. The lowest BCUT2D eigenvalue weighted by Crippen LogP contribution is -2.19. The van der Waals surface area contributed by atoms with Crippen molar-refractivity contribution in [3.8, 4) is 5.75 Å². The third kappa shape index (κ3) is 2.22. The van der Waals surface area contributed by atoms with Crippen molar-refractivity contribution < 1.29 is 9.84 Å². The fourth-order valence-electron chi connectivity index (χ4n) is 2.78. The van der Waals surface area contributed by atoms with Crippen LogP contribution in [0.25, 0.3) is 0 Å². The molecule has 0 amide bonds. The summed E-state index contributed by atoms with van der Waals surface area (Å²) in [7, 11) is 1.79. The number of methoxy groups -OCH3 is 1. The Morgan fingerprint density at radius 3 is 2.44 bits per heavy atom. The average molecular weight is 220 g/mol. The van der Waals surface area contributed by atoms with Gasteiger partial charge in [0.05, 0.1) is 6.10 Å². The summed E-state index contributed by atoms with van der Waals surface area (Å²) >= 11 is 0. The molecule has 0 unspecified atom stereocenters. The van der Waals surface area contributed by atoms with Crippen LogP contribution < -0.4 is 0 Å². The standard InChI is InChI=1S/C14H20O2/c1-10-4-3-5-13(15)14(10)11-6-8-12(16-2)9-7-11/h3-5,11-12,15H,6-9H2,1-2H3. The summed E-state index contributed by atoms with van der Waals surface area (Å²) in [5, 5.41) is 9.94. The predicted octanol–water partition coefficient (Wildman–Crippen LogP) is 3.37. The van der Waals surface area contributed by atoms with Crippen LogP contribution in [0, 0.1) is 6.92 Å². The van der Waals surface area contributed by atoms with Crippen molar-refractivity contribution in [1.29, 1.82) is 0 Å². The summed E-state index contributed by atoms with van der Waals surface area (Å²) in [6.07, 6.45) is 4.87. The number of hydrogen-bond acceptors (Lipinski definition) is 2. The van der Waals surface area contributed by atoms with E-state index in [1.807, 2.05) is 6.07 Å². The maximum atomic E-state index is 9.94. The summed E-state index contributed by atoms with van der Waals surface area (Å²) in [4.78, 5) is 0. The van der Waals surface area contributed by atoms with Gasteiger partial charge in [0, 0.05) is 7.11 Å². The van der Waals surface area contributed by atoms with E-state index in [1.165, 1.54) is 5.56 Å². The Morgan fingerprint density at radius 2 is 1.88 bits per heavy atom. The SMILES string of the molecule is COC1CCC(c2c(C)cccc2O)CC1. The molecule has 2 nitrogen and oxygen atoms in total. The van der Waals surface area contributed by atoms with Crippen LogP contribution >= 0.6 is 0 Å². The number of hydrogen-bond donors (Lipinski definition) is 1. The van der Waals surface area contributed by atoms with Crippen LogP contribution in [0.15, 0.2) is 18.2 Å². The molecule has 0 radical (unpaired) electrons. The van der Waals surface area contributed by atoms with E-state index < -0.39 is 0 Å². The minimum absolute atomic E-state index is 0.419. The van der Waals surface area contributed by atoms with Crippen LogP contribution in [0.4, 0.5) is 0 Å². The molecule has 88 valence electrons. The fourth-order valence-corrected chi connectivity index (χ4v) is 2.78. The first-order chi connectivity index (χ1) is 7.72. The highest BCUT2D eigenvalue weighted by Gasteiger charge is 2.24. The van der Waals surface area contributed by atoms with Crippen molar-refractivity contribution in [2.45, 2.75) is 44.6 Å². The fraction of sp³-hybridized carbons (Fsp3) is 0.571. The predicted molar refractivity (Wildman–Crippen MR) is 64.8 cm³/mol. The minimum Gasteiger partial charge on any atom is -0.508 e. The van der Waals surface area contributed by atoms with Gasteiger partial charge < -0.3 is 9.84 Å². The van der Waals surface area contributed by atoms with Gasteiger partial charge in [0.25, 0.3) is 0 Å². The zero-order chi connectivity index (χ0) is 11.5. The molecule has 2 heteroatoms. The molecule has 0 spiro atoms. The molecule has 1 aliphatic carbocycles. The maximum absolute atomic E-state index is 9.94. The van der Waals surface area contributed by atoms with E-state index in [1.54, 1.807) is 13.2 Å². The second-order valence-electron chi connectivity index (χ2n) is 4.72. The normalized spacial score (nSPS) is 25.6. The first-order valence-corrected chi connectivity index (χ1v) is 6.03. The van der Waals surface area contributed by atoms with Gasteiger partial charge in [0.2, 0.25) is 0 Å². The van der Waals surface area contributed by atoms with Crippen LogP contribution in [0.3, 0.4) is 0 Å². The Morgan fingerprint density at radius 1 is 1.19 bits per heavy atom. The molecule has 0 atom stereocenters. The molecule has 1 aromatic carbocycles. The van der Waals surface area contributed by atoms with Crippen molar-refractivity contribution in [3.05, 3.63) is 29.3 Å². The van der Waals surface area contributed by atoms with Crippen molar-refractivity contribution in [1.82, 2.24) is 0 Å². The van der Waals surface area contributed by atoms with Crippen LogP contribution in [0.2, 0.25) is 0 Å². The number of ether oxygens (including phenoxy) is 1.